The molecule has 0 fully saturated rings. The van der Waals surface area contributed by atoms with Crippen LogP contribution in [0.15, 0.2) is 24.3 Å². The highest BCUT2D eigenvalue weighted by Gasteiger charge is 2.27. The van der Waals surface area contributed by atoms with Crippen molar-refractivity contribution >= 4 is 5.91 Å². The zero-order valence-corrected chi connectivity index (χ0v) is 9.73. The number of benzene rings is 1. The number of fused-ring (bicyclic) bond motifs is 1. The van der Waals surface area contributed by atoms with E-state index in [1.165, 1.54) is 11.1 Å². The van der Waals surface area contributed by atoms with Gasteiger partial charge in [0.1, 0.15) is 0 Å². The Balaban J connectivity index is 2.21. The van der Waals surface area contributed by atoms with E-state index in [-0.39, 0.29) is 18.5 Å². The second kappa shape index (κ2) is 5.03. The largest absolute Gasteiger partial charge is 0.369 e. The van der Waals surface area contributed by atoms with Gasteiger partial charge in [-0.2, -0.15) is 0 Å². The third kappa shape index (κ3) is 2.48. The maximum Gasteiger partial charge on any atom is 0.231 e. The summed E-state index contributed by atoms with van der Waals surface area (Å²) < 4.78 is 0. The van der Waals surface area contributed by atoms with E-state index in [1.54, 1.807) is 0 Å². The van der Waals surface area contributed by atoms with Gasteiger partial charge in [0, 0.05) is 6.04 Å². The summed E-state index contributed by atoms with van der Waals surface area (Å²) in [6.07, 6.45) is 7.40. The minimum Gasteiger partial charge on any atom is -0.369 e. The van der Waals surface area contributed by atoms with Crippen LogP contribution in [0.2, 0.25) is 0 Å². The molecule has 0 saturated heterocycles. The minimum absolute atomic E-state index is 0.225. The summed E-state index contributed by atoms with van der Waals surface area (Å²) in [6, 6.07) is 8.54. The van der Waals surface area contributed by atoms with Crippen molar-refractivity contribution in [2.75, 3.05) is 13.1 Å². The molecule has 1 aromatic carbocycles. The topological polar surface area (TPSA) is 46.3 Å². The van der Waals surface area contributed by atoms with Crippen molar-refractivity contribution in [1.29, 1.82) is 0 Å². The highest BCUT2D eigenvalue weighted by atomic mass is 16.1. The van der Waals surface area contributed by atoms with Gasteiger partial charge in [0.25, 0.3) is 0 Å². The number of primary amides is 1. The Hall–Kier alpha value is -1.79. The number of terminal acetylenes is 1. The number of rotatable bonds is 4. The van der Waals surface area contributed by atoms with Gasteiger partial charge in [0.2, 0.25) is 5.91 Å². The Kier molecular flexibility index (Phi) is 3.46. The van der Waals surface area contributed by atoms with Crippen molar-refractivity contribution in [3.05, 3.63) is 35.4 Å². The number of hydrogen-bond acceptors (Lipinski definition) is 2. The first kappa shape index (κ1) is 11.7. The average Bonchev–Trinajstić information content (AvgIpc) is 2.71. The fourth-order valence-electron chi connectivity index (χ4n) is 2.51. The SMILES string of the molecule is C#CCN(CC(N)=O)C1CCc2ccccc21. The van der Waals surface area contributed by atoms with Crippen molar-refractivity contribution in [3.8, 4) is 12.3 Å². The van der Waals surface area contributed by atoms with Crippen molar-refractivity contribution < 1.29 is 4.79 Å². The molecule has 1 aliphatic carbocycles. The van der Waals surface area contributed by atoms with E-state index in [0.29, 0.717) is 6.54 Å². The summed E-state index contributed by atoms with van der Waals surface area (Å²) in [5.74, 6) is 2.27. The molecule has 0 saturated carbocycles. The standard InChI is InChI=1S/C14H16N2O/c1-2-9-16(10-14(15)17)13-8-7-11-5-3-4-6-12(11)13/h1,3-6,13H,7-10H2,(H2,15,17). The number of nitrogens with zero attached hydrogens (tertiary/aromatic N) is 1. The summed E-state index contributed by atoms with van der Waals surface area (Å²) in [5, 5.41) is 0. The van der Waals surface area contributed by atoms with Crippen molar-refractivity contribution in [1.82, 2.24) is 4.90 Å². The molecular weight excluding hydrogens is 212 g/mol. The van der Waals surface area contributed by atoms with E-state index in [9.17, 15) is 4.79 Å². The molecule has 88 valence electrons. The van der Waals surface area contributed by atoms with Gasteiger partial charge in [-0.1, -0.05) is 30.2 Å². The molecule has 0 bridgehead atoms. The predicted octanol–water partition coefficient (Wildman–Crippen LogP) is 1.09. The molecule has 1 amide bonds. The molecule has 1 atom stereocenters. The van der Waals surface area contributed by atoms with Crippen LogP contribution in [0, 0.1) is 12.3 Å². The zero-order chi connectivity index (χ0) is 12.3. The first-order chi connectivity index (χ1) is 8.22. The van der Waals surface area contributed by atoms with E-state index in [0.717, 1.165) is 12.8 Å². The molecule has 2 rings (SSSR count). The summed E-state index contributed by atoms with van der Waals surface area (Å²) in [4.78, 5) is 13.0. The maximum absolute atomic E-state index is 11.1. The quantitative estimate of drug-likeness (QED) is 0.784. The van der Waals surface area contributed by atoms with Gasteiger partial charge in [0.05, 0.1) is 13.1 Å². The second-order valence-corrected chi connectivity index (χ2v) is 4.33. The summed E-state index contributed by atoms with van der Waals surface area (Å²) in [7, 11) is 0. The minimum atomic E-state index is -0.329. The van der Waals surface area contributed by atoms with Crippen LogP contribution in [0.5, 0.6) is 0 Å². The highest BCUT2D eigenvalue weighted by Crippen LogP contribution is 2.35. The first-order valence-electron chi connectivity index (χ1n) is 5.76. The molecule has 2 N–H and O–H groups in total. The summed E-state index contributed by atoms with van der Waals surface area (Å²) >= 11 is 0. The van der Waals surface area contributed by atoms with E-state index < -0.39 is 0 Å². The molecule has 3 heteroatoms. The number of aryl methyl sites for hydroxylation is 1. The van der Waals surface area contributed by atoms with Crippen LogP contribution < -0.4 is 5.73 Å². The molecule has 0 aliphatic heterocycles. The third-order valence-corrected chi connectivity index (χ3v) is 3.20. The molecule has 17 heavy (non-hydrogen) atoms. The molecule has 0 aromatic heterocycles. The van der Waals surface area contributed by atoms with Gasteiger partial charge >= 0.3 is 0 Å². The lowest BCUT2D eigenvalue weighted by atomic mass is 10.1. The number of carbonyl (C=O) groups is 1. The van der Waals surface area contributed by atoms with Crippen molar-refractivity contribution in [2.45, 2.75) is 18.9 Å². The number of amides is 1. The van der Waals surface area contributed by atoms with Crippen LogP contribution in [0.3, 0.4) is 0 Å². The molecule has 0 radical (unpaired) electrons. The molecule has 3 nitrogen and oxygen atoms in total. The number of hydrogen-bond donors (Lipinski definition) is 1. The van der Waals surface area contributed by atoms with E-state index in [2.05, 4.69) is 18.1 Å². The van der Waals surface area contributed by atoms with Gasteiger partial charge in [-0.25, -0.2) is 0 Å². The Morgan fingerprint density at radius 3 is 3.00 bits per heavy atom. The van der Waals surface area contributed by atoms with Crippen LogP contribution in [-0.2, 0) is 11.2 Å². The third-order valence-electron chi connectivity index (χ3n) is 3.20. The number of nitrogens with two attached hydrogens (primary N) is 1. The zero-order valence-electron chi connectivity index (χ0n) is 9.73. The van der Waals surface area contributed by atoms with Gasteiger partial charge in [-0.3, -0.25) is 9.69 Å². The fraction of sp³-hybridized carbons (Fsp3) is 0.357. The van der Waals surface area contributed by atoms with E-state index >= 15 is 0 Å². The van der Waals surface area contributed by atoms with E-state index in [1.807, 2.05) is 17.0 Å². The van der Waals surface area contributed by atoms with Crippen LogP contribution in [0.25, 0.3) is 0 Å². The lowest BCUT2D eigenvalue weighted by molar-refractivity contribution is -0.119. The van der Waals surface area contributed by atoms with Crippen LogP contribution in [0.4, 0.5) is 0 Å². The van der Waals surface area contributed by atoms with Gasteiger partial charge in [-0.05, 0) is 24.0 Å². The predicted molar refractivity (Wildman–Crippen MR) is 67.1 cm³/mol. The number of carbonyl (C=O) groups excluding carboxylic acids is 1. The lowest BCUT2D eigenvalue weighted by Gasteiger charge is -2.26. The lowest BCUT2D eigenvalue weighted by Crippen LogP contribution is -2.36. The molecule has 0 spiro atoms. The molecule has 1 aromatic rings. The maximum atomic E-state index is 11.1. The molecule has 1 aliphatic rings. The first-order valence-corrected chi connectivity index (χ1v) is 5.76. The van der Waals surface area contributed by atoms with Crippen molar-refractivity contribution in [2.24, 2.45) is 5.73 Å². The summed E-state index contributed by atoms with van der Waals surface area (Å²) in [6.45, 7) is 0.686. The van der Waals surface area contributed by atoms with Gasteiger partial charge in [0.15, 0.2) is 0 Å². The Labute approximate surface area is 102 Å². The highest BCUT2D eigenvalue weighted by molar-refractivity contribution is 5.76. The van der Waals surface area contributed by atoms with Crippen molar-refractivity contribution in [3.63, 3.8) is 0 Å². The molecule has 1 unspecified atom stereocenters. The smallest absolute Gasteiger partial charge is 0.231 e. The normalized spacial score (nSPS) is 17.8. The van der Waals surface area contributed by atoms with Gasteiger partial charge < -0.3 is 5.73 Å². The van der Waals surface area contributed by atoms with Crippen LogP contribution >= 0.6 is 0 Å². The Bertz CT molecular complexity index is 462. The van der Waals surface area contributed by atoms with Crippen LogP contribution in [-0.4, -0.2) is 23.9 Å². The summed E-state index contributed by atoms with van der Waals surface area (Å²) in [5.41, 5.74) is 7.89. The average molecular weight is 228 g/mol. The molecular formula is C14H16N2O. The monoisotopic (exact) mass is 228 g/mol. The Morgan fingerprint density at radius 1 is 1.53 bits per heavy atom. The second-order valence-electron chi connectivity index (χ2n) is 4.33. The van der Waals surface area contributed by atoms with E-state index in [4.69, 9.17) is 12.2 Å². The Morgan fingerprint density at radius 2 is 2.29 bits per heavy atom. The van der Waals surface area contributed by atoms with Gasteiger partial charge in [-0.15, -0.1) is 6.42 Å². The van der Waals surface area contributed by atoms with Crippen LogP contribution in [0.1, 0.15) is 23.6 Å². The fourth-order valence-corrected chi connectivity index (χ4v) is 2.51. The molecule has 0 heterocycles.